The standard InChI is InChI=1S/C21H25N3O2S2/c1-14-19(21(2,3)4)27-20(24(14)13-15-10-11-15)23-28(25,26)17-9-5-7-16-8-6-12-22-18(16)17/h5-9,12,15H,10-11,13H2,1-4H3/b23-20-. The maximum absolute atomic E-state index is 13.2. The summed E-state index contributed by atoms with van der Waals surface area (Å²) in [5, 5.41) is 0.794. The van der Waals surface area contributed by atoms with Gasteiger partial charge in [0.25, 0.3) is 10.0 Å². The second-order valence-corrected chi connectivity index (χ2v) is 11.1. The Labute approximate surface area is 169 Å². The van der Waals surface area contributed by atoms with Crippen molar-refractivity contribution in [2.75, 3.05) is 0 Å². The summed E-state index contributed by atoms with van der Waals surface area (Å²) in [5.74, 6) is 0.627. The van der Waals surface area contributed by atoms with Crippen molar-refractivity contribution < 1.29 is 8.42 Å². The lowest BCUT2D eigenvalue weighted by atomic mass is 9.93. The fourth-order valence-corrected chi connectivity index (χ4v) is 6.04. The first-order valence-electron chi connectivity index (χ1n) is 9.52. The Kier molecular flexibility index (Phi) is 4.70. The van der Waals surface area contributed by atoms with Crippen LogP contribution in [0.15, 0.2) is 45.8 Å². The summed E-state index contributed by atoms with van der Waals surface area (Å²) in [6.45, 7) is 9.37. The van der Waals surface area contributed by atoms with Crippen molar-refractivity contribution >= 4 is 32.3 Å². The second kappa shape index (κ2) is 6.81. The van der Waals surface area contributed by atoms with Crippen molar-refractivity contribution in [3.05, 3.63) is 51.9 Å². The number of hydrogen-bond donors (Lipinski definition) is 0. The van der Waals surface area contributed by atoms with E-state index in [2.05, 4.69) is 41.6 Å². The molecule has 1 aliphatic carbocycles. The van der Waals surface area contributed by atoms with Gasteiger partial charge >= 0.3 is 0 Å². The van der Waals surface area contributed by atoms with Gasteiger partial charge in [0, 0.05) is 28.7 Å². The van der Waals surface area contributed by atoms with Gasteiger partial charge in [-0.05, 0) is 43.2 Å². The summed E-state index contributed by atoms with van der Waals surface area (Å²) in [7, 11) is -3.87. The van der Waals surface area contributed by atoms with E-state index in [1.807, 2.05) is 12.1 Å². The molecule has 1 fully saturated rings. The van der Waals surface area contributed by atoms with E-state index < -0.39 is 10.0 Å². The van der Waals surface area contributed by atoms with Gasteiger partial charge in [0.05, 0.1) is 5.52 Å². The predicted molar refractivity (Wildman–Crippen MR) is 113 cm³/mol. The number of fused-ring (bicyclic) bond motifs is 1. The summed E-state index contributed by atoms with van der Waals surface area (Å²) in [6, 6.07) is 8.86. The highest BCUT2D eigenvalue weighted by atomic mass is 32.2. The lowest BCUT2D eigenvalue weighted by Crippen LogP contribution is -2.20. The minimum Gasteiger partial charge on any atom is -0.320 e. The topological polar surface area (TPSA) is 64.3 Å². The molecule has 7 heteroatoms. The van der Waals surface area contributed by atoms with Gasteiger partial charge in [0.15, 0.2) is 0 Å². The molecule has 2 heterocycles. The zero-order valence-corrected chi connectivity index (χ0v) is 18.3. The molecule has 1 aliphatic rings. The van der Waals surface area contributed by atoms with Gasteiger partial charge in [0.2, 0.25) is 4.80 Å². The van der Waals surface area contributed by atoms with E-state index >= 15 is 0 Å². The van der Waals surface area contributed by atoms with Gasteiger partial charge in [-0.2, -0.15) is 8.42 Å². The van der Waals surface area contributed by atoms with Gasteiger partial charge in [-0.1, -0.05) is 39.0 Å². The van der Waals surface area contributed by atoms with Crippen LogP contribution in [0.25, 0.3) is 10.9 Å². The number of hydrogen-bond acceptors (Lipinski definition) is 4. The molecule has 1 aromatic carbocycles. The van der Waals surface area contributed by atoms with E-state index in [4.69, 9.17) is 0 Å². The van der Waals surface area contributed by atoms with Crippen LogP contribution in [0.2, 0.25) is 0 Å². The number of rotatable bonds is 4. The zero-order chi connectivity index (χ0) is 20.1. The fourth-order valence-electron chi connectivity index (χ4n) is 3.46. The third-order valence-corrected chi connectivity index (χ3v) is 8.07. The summed E-state index contributed by atoms with van der Waals surface area (Å²) < 4.78 is 32.8. The van der Waals surface area contributed by atoms with Crippen LogP contribution in [0.5, 0.6) is 0 Å². The number of benzene rings is 1. The van der Waals surface area contributed by atoms with Gasteiger partial charge in [0.1, 0.15) is 4.90 Å². The van der Waals surface area contributed by atoms with E-state index in [0.717, 1.165) is 17.6 Å². The molecule has 0 aliphatic heterocycles. The number of sulfonamides is 1. The number of nitrogens with zero attached hydrogens (tertiary/aromatic N) is 3. The number of aromatic nitrogens is 2. The highest BCUT2D eigenvalue weighted by molar-refractivity contribution is 7.90. The van der Waals surface area contributed by atoms with Gasteiger partial charge in [-0.15, -0.1) is 15.7 Å². The summed E-state index contributed by atoms with van der Waals surface area (Å²) in [6.07, 6.45) is 4.01. The van der Waals surface area contributed by atoms with E-state index in [-0.39, 0.29) is 10.3 Å². The minimum absolute atomic E-state index is 0.0570. The smallest absolute Gasteiger partial charge is 0.287 e. The number of para-hydroxylation sites is 1. The molecular weight excluding hydrogens is 390 g/mol. The minimum atomic E-state index is -3.87. The van der Waals surface area contributed by atoms with Crippen molar-refractivity contribution in [1.82, 2.24) is 9.55 Å². The Hall–Kier alpha value is -1.99. The quantitative estimate of drug-likeness (QED) is 0.634. The van der Waals surface area contributed by atoms with Crippen LogP contribution in [-0.2, 0) is 22.0 Å². The first-order valence-corrected chi connectivity index (χ1v) is 11.8. The predicted octanol–water partition coefficient (Wildman–Crippen LogP) is 4.40. The van der Waals surface area contributed by atoms with Crippen LogP contribution < -0.4 is 4.80 Å². The normalized spacial score (nSPS) is 16.1. The largest absolute Gasteiger partial charge is 0.320 e. The average Bonchev–Trinajstić information content (AvgIpc) is 3.40. The highest BCUT2D eigenvalue weighted by Gasteiger charge is 2.28. The molecule has 0 atom stereocenters. The molecule has 0 amide bonds. The fraction of sp³-hybridized carbons (Fsp3) is 0.429. The lowest BCUT2D eigenvalue weighted by Gasteiger charge is -2.17. The van der Waals surface area contributed by atoms with Crippen LogP contribution >= 0.6 is 11.3 Å². The molecule has 0 unspecified atom stereocenters. The molecular formula is C21H25N3O2S2. The van der Waals surface area contributed by atoms with Crippen LogP contribution in [-0.4, -0.2) is 18.0 Å². The van der Waals surface area contributed by atoms with Crippen molar-refractivity contribution in [2.45, 2.75) is 57.4 Å². The van der Waals surface area contributed by atoms with Gasteiger partial charge in [-0.25, -0.2) is 0 Å². The van der Waals surface area contributed by atoms with Crippen molar-refractivity contribution in [1.29, 1.82) is 0 Å². The van der Waals surface area contributed by atoms with Crippen molar-refractivity contribution in [3.8, 4) is 0 Å². The molecule has 0 bridgehead atoms. The van der Waals surface area contributed by atoms with E-state index in [1.165, 1.54) is 29.1 Å². The van der Waals surface area contributed by atoms with E-state index in [1.54, 1.807) is 24.4 Å². The molecule has 5 nitrogen and oxygen atoms in total. The van der Waals surface area contributed by atoms with Crippen molar-refractivity contribution in [3.63, 3.8) is 0 Å². The van der Waals surface area contributed by atoms with Crippen LogP contribution in [0.1, 0.15) is 44.2 Å². The van der Waals surface area contributed by atoms with Crippen LogP contribution in [0, 0.1) is 12.8 Å². The third kappa shape index (κ3) is 3.65. The molecule has 28 heavy (non-hydrogen) atoms. The van der Waals surface area contributed by atoms with Crippen LogP contribution in [0.4, 0.5) is 0 Å². The molecule has 2 aromatic heterocycles. The van der Waals surface area contributed by atoms with Crippen molar-refractivity contribution in [2.24, 2.45) is 10.3 Å². The number of thiazole rings is 1. The maximum atomic E-state index is 13.2. The molecule has 0 N–H and O–H groups in total. The summed E-state index contributed by atoms with van der Waals surface area (Å²) in [5.41, 5.74) is 1.53. The Morgan fingerprint density at radius 1 is 1.21 bits per heavy atom. The summed E-state index contributed by atoms with van der Waals surface area (Å²) in [4.78, 5) is 6.19. The molecule has 1 saturated carbocycles. The maximum Gasteiger partial charge on any atom is 0.287 e. The highest BCUT2D eigenvalue weighted by Crippen LogP contribution is 2.34. The van der Waals surface area contributed by atoms with Gasteiger partial charge < -0.3 is 4.57 Å². The Balaban J connectivity index is 1.92. The average molecular weight is 416 g/mol. The van der Waals surface area contributed by atoms with Gasteiger partial charge in [-0.3, -0.25) is 4.98 Å². The summed E-state index contributed by atoms with van der Waals surface area (Å²) >= 11 is 1.49. The molecule has 3 aromatic rings. The van der Waals surface area contributed by atoms with E-state index in [0.29, 0.717) is 16.2 Å². The first kappa shape index (κ1) is 19.3. The first-order chi connectivity index (χ1) is 13.2. The molecule has 4 rings (SSSR count). The Bertz CT molecular complexity index is 1210. The Morgan fingerprint density at radius 3 is 2.61 bits per heavy atom. The van der Waals surface area contributed by atoms with Crippen LogP contribution in [0.3, 0.4) is 0 Å². The second-order valence-electron chi connectivity index (χ2n) is 8.50. The number of pyridine rings is 1. The molecule has 148 valence electrons. The monoisotopic (exact) mass is 415 g/mol. The third-order valence-electron chi connectivity index (χ3n) is 5.05. The lowest BCUT2D eigenvalue weighted by molar-refractivity contribution is 0.562. The SMILES string of the molecule is Cc1c(C(C)(C)C)s/c(=N\S(=O)(=O)c2cccc3cccnc23)n1CC1CC1. The Morgan fingerprint density at radius 2 is 1.93 bits per heavy atom. The van der Waals surface area contributed by atoms with E-state index in [9.17, 15) is 8.42 Å². The molecule has 0 spiro atoms. The zero-order valence-electron chi connectivity index (χ0n) is 16.6. The molecule has 0 saturated heterocycles. The molecule has 0 radical (unpaired) electrons.